The Morgan fingerprint density at radius 3 is 2.62 bits per heavy atom. The lowest BCUT2D eigenvalue weighted by Gasteiger charge is -2.32. The van der Waals surface area contributed by atoms with E-state index < -0.39 is 0 Å². The predicted octanol–water partition coefficient (Wildman–Crippen LogP) is 3.11. The summed E-state index contributed by atoms with van der Waals surface area (Å²) >= 11 is 0. The van der Waals surface area contributed by atoms with E-state index >= 15 is 0 Å². The van der Waals surface area contributed by atoms with Gasteiger partial charge in [-0.15, -0.1) is 0 Å². The van der Waals surface area contributed by atoms with Crippen molar-refractivity contribution in [1.29, 1.82) is 0 Å². The van der Waals surface area contributed by atoms with E-state index in [2.05, 4.69) is 27.5 Å². The molecule has 2 aromatic carbocycles. The van der Waals surface area contributed by atoms with E-state index in [-0.39, 0.29) is 5.91 Å². The van der Waals surface area contributed by atoms with Crippen molar-refractivity contribution in [3.05, 3.63) is 60.3 Å². The van der Waals surface area contributed by atoms with E-state index in [1.807, 2.05) is 48.5 Å². The number of fused-ring (bicyclic) bond motifs is 1. The number of para-hydroxylation sites is 1. The second-order valence-electron chi connectivity index (χ2n) is 7.57. The molecular weight excluding hydrogens is 364 g/mol. The van der Waals surface area contributed by atoms with Crippen LogP contribution >= 0.6 is 0 Å². The summed E-state index contributed by atoms with van der Waals surface area (Å²) in [6.45, 7) is 6.41. The molecule has 1 saturated heterocycles. The standard InChI is InChI=1S/C23H28N4O2/c1-26-12-14-27(15-13-26)11-4-16-29-19-9-7-18(8-10-19)24-17-21-20-5-2-3-6-22(20)25-23(21)28/h2-3,5-10,17,24H,4,11-16H2,1H3,(H,25,28). The van der Waals surface area contributed by atoms with Crippen molar-refractivity contribution in [2.45, 2.75) is 6.42 Å². The molecule has 2 N–H and O–H groups in total. The molecule has 0 saturated carbocycles. The number of hydrogen-bond donors (Lipinski definition) is 2. The van der Waals surface area contributed by atoms with Gasteiger partial charge in [-0.2, -0.15) is 0 Å². The van der Waals surface area contributed by atoms with Gasteiger partial charge in [0.15, 0.2) is 0 Å². The fourth-order valence-corrected chi connectivity index (χ4v) is 3.63. The van der Waals surface area contributed by atoms with E-state index in [0.29, 0.717) is 5.57 Å². The van der Waals surface area contributed by atoms with Crippen molar-refractivity contribution in [3.8, 4) is 5.75 Å². The Kier molecular flexibility index (Phi) is 6.12. The zero-order valence-electron chi connectivity index (χ0n) is 16.9. The molecule has 29 heavy (non-hydrogen) atoms. The minimum absolute atomic E-state index is 0.0843. The Hall–Kier alpha value is -2.83. The second-order valence-corrected chi connectivity index (χ2v) is 7.57. The van der Waals surface area contributed by atoms with E-state index in [4.69, 9.17) is 4.74 Å². The largest absolute Gasteiger partial charge is 0.494 e. The summed E-state index contributed by atoms with van der Waals surface area (Å²) in [7, 11) is 2.18. The molecule has 2 aliphatic heterocycles. The van der Waals surface area contributed by atoms with Crippen LogP contribution in [0.3, 0.4) is 0 Å². The Morgan fingerprint density at radius 2 is 1.83 bits per heavy atom. The molecule has 1 amide bonds. The topological polar surface area (TPSA) is 56.8 Å². The van der Waals surface area contributed by atoms with Gasteiger partial charge in [-0.25, -0.2) is 0 Å². The number of carbonyl (C=O) groups is 1. The molecule has 0 aromatic heterocycles. The first kappa shape index (κ1) is 19.5. The van der Waals surface area contributed by atoms with Crippen LogP contribution in [0.1, 0.15) is 12.0 Å². The third kappa shape index (κ3) is 4.96. The average molecular weight is 393 g/mol. The number of likely N-dealkylation sites (N-methyl/N-ethyl adjacent to an activating group) is 1. The predicted molar refractivity (Wildman–Crippen MR) is 117 cm³/mol. The third-order valence-corrected chi connectivity index (χ3v) is 5.43. The van der Waals surface area contributed by atoms with Crippen molar-refractivity contribution < 1.29 is 9.53 Å². The maximum atomic E-state index is 12.1. The number of piperazine rings is 1. The normalized spacial score (nSPS) is 18.5. The van der Waals surface area contributed by atoms with Crippen LogP contribution in [0.15, 0.2) is 54.7 Å². The molecule has 152 valence electrons. The number of anilines is 2. The summed E-state index contributed by atoms with van der Waals surface area (Å²) in [5, 5.41) is 6.08. The molecule has 0 aliphatic carbocycles. The van der Waals surface area contributed by atoms with Crippen LogP contribution in [-0.2, 0) is 4.79 Å². The number of benzene rings is 2. The zero-order chi connectivity index (χ0) is 20.1. The highest BCUT2D eigenvalue weighted by Crippen LogP contribution is 2.31. The van der Waals surface area contributed by atoms with E-state index in [1.165, 1.54) is 0 Å². The zero-order valence-corrected chi connectivity index (χ0v) is 16.9. The molecule has 4 rings (SSSR count). The molecule has 2 aromatic rings. The van der Waals surface area contributed by atoms with Gasteiger partial charge in [0.2, 0.25) is 0 Å². The summed E-state index contributed by atoms with van der Waals surface area (Å²) in [6, 6.07) is 15.5. The van der Waals surface area contributed by atoms with Gasteiger partial charge in [-0.3, -0.25) is 4.79 Å². The average Bonchev–Trinajstić information content (AvgIpc) is 3.07. The number of nitrogens with one attached hydrogen (secondary N) is 2. The fraction of sp³-hybridized carbons (Fsp3) is 0.348. The van der Waals surface area contributed by atoms with Crippen molar-refractivity contribution in [2.75, 3.05) is 57.0 Å². The van der Waals surface area contributed by atoms with E-state index in [1.54, 1.807) is 6.20 Å². The van der Waals surface area contributed by atoms with Gasteiger partial charge in [0.25, 0.3) is 5.91 Å². The van der Waals surface area contributed by atoms with Gasteiger partial charge in [0.05, 0.1) is 12.2 Å². The molecular formula is C23H28N4O2. The van der Waals surface area contributed by atoms with Gasteiger partial charge in [-0.05, 0) is 43.8 Å². The fourth-order valence-electron chi connectivity index (χ4n) is 3.63. The smallest absolute Gasteiger partial charge is 0.257 e. The van der Waals surface area contributed by atoms with Gasteiger partial charge in [0, 0.05) is 55.9 Å². The maximum absolute atomic E-state index is 12.1. The molecule has 0 spiro atoms. The molecule has 6 nitrogen and oxygen atoms in total. The Labute approximate surface area is 172 Å². The molecule has 0 unspecified atom stereocenters. The first-order valence-corrected chi connectivity index (χ1v) is 10.2. The van der Waals surface area contributed by atoms with Crippen molar-refractivity contribution in [1.82, 2.24) is 9.80 Å². The van der Waals surface area contributed by atoms with Crippen molar-refractivity contribution >= 4 is 22.9 Å². The minimum atomic E-state index is -0.0843. The van der Waals surface area contributed by atoms with Crippen LogP contribution in [-0.4, -0.2) is 62.1 Å². The van der Waals surface area contributed by atoms with Crippen LogP contribution in [0.5, 0.6) is 5.75 Å². The number of rotatable bonds is 7. The molecule has 0 atom stereocenters. The van der Waals surface area contributed by atoms with Crippen LogP contribution in [0.25, 0.3) is 5.57 Å². The Bertz CT molecular complexity index is 871. The molecule has 1 fully saturated rings. The molecule has 6 heteroatoms. The summed E-state index contributed by atoms with van der Waals surface area (Å²) in [6.07, 6.45) is 2.79. The number of hydrogen-bond acceptors (Lipinski definition) is 5. The Morgan fingerprint density at radius 1 is 1.07 bits per heavy atom. The number of amides is 1. The van der Waals surface area contributed by atoms with Gasteiger partial charge in [-0.1, -0.05) is 18.2 Å². The highest BCUT2D eigenvalue weighted by Gasteiger charge is 2.23. The highest BCUT2D eigenvalue weighted by atomic mass is 16.5. The Balaban J connectivity index is 1.24. The highest BCUT2D eigenvalue weighted by molar-refractivity contribution is 6.31. The van der Waals surface area contributed by atoms with E-state index in [0.717, 1.165) is 68.4 Å². The van der Waals surface area contributed by atoms with Gasteiger partial charge < -0.3 is 25.2 Å². The summed E-state index contributed by atoms with van der Waals surface area (Å²) in [4.78, 5) is 17.0. The monoisotopic (exact) mass is 392 g/mol. The first-order chi connectivity index (χ1) is 14.2. The maximum Gasteiger partial charge on any atom is 0.257 e. The summed E-state index contributed by atoms with van der Waals surface area (Å²) in [5.74, 6) is 0.782. The molecule has 2 heterocycles. The number of carbonyl (C=O) groups excluding carboxylic acids is 1. The second kappa shape index (κ2) is 9.11. The minimum Gasteiger partial charge on any atom is -0.494 e. The lowest BCUT2D eigenvalue weighted by molar-refractivity contribution is -0.110. The van der Waals surface area contributed by atoms with Crippen LogP contribution in [0.2, 0.25) is 0 Å². The van der Waals surface area contributed by atoms with Gasteiger partial charge >= 0.3 is 0 Å². The number of nitrogens with zero attached hydrogens (tertiary/aromatic N) is 2. The molecule has 2 aliphatic rings. The third-order valence-electron chi connectivity index (χ3n) is 5.43. The van der Waals surface area contributed by atoms with Crippen molar-refractivity contribution in [3.63, 3.8) is 0 Å². The summed E-state index contributed by atoms with van der Waals surface area (Å²) < 4.78 is 5.87. The number of ether oxygens (including phenoxy) is 1. The van der Waals surface area contributed by atoms with Crippen LogP contribution in [0, 0.1) is 0 Å². The van der Waals surface area contributed by atoms with Gasteiger partial charge in [0.1, 0.15) is 5.75 Å². The van der Waals surface area contributed by atoms with Crippen LogP contribution in [0.4, 0.5) is 11.4 Å². The molecule has 0 radical (unpaired) electrons. The lowest BCUT2D eigenvalue weighted by atomic mass is 10.1. The lowest BCUT2D eigenvalue weighted by Crippen LogP contribution is -2.44. The summed E-state index contributed by atoms with van der Waals surface area (Å²) in [5.41, 5.74) is 3.33. The van der Waals surface area contributed by atoms with Crippen molar-refractivity contribution in [2.24, 2.45) is 0 Å². The van der Waals surface area contributed by atoms with E-state index in [9.17, 15) is 4.79 Å². The SMILES string of the molecule is CN1CCN(CCCOc2ccc(NC=C3C(=O)Nc4ccccc43)cc2)CC1. The first-order valence-electron chi connectivity index (χ1n) is 10.2. The van der Waals surface area contributed by atoms with Crippen LogP contribution < -0.4 is 15.4 Å². The quantitative estimate of drug-likeness (QED) is 0.560. The molecule has 0 bridgehead atoms.